The second kappa shape index (κ2) is 9.46. The summed E-state index contributed by atoms with van der Waals surface area (Å²) in [6.45, 7) is 1.81. The Morgan fingerprint density at radius 3 is 2.49 bits per heavy atom. The van der Waals surface area contributed by atoms with Gasteiger partial charge in [0.25, 0.3) is 0 Å². The van der Waals surface area contributed by atoms with E-state index in [9.17, 15) is 14.7 Å². The van der Waals surface area contributed by atoms with Gasteiger partial charge in [-0.2, -0.15) is 0 Å². The molecule has 0 aliphatic heterocycles. The standard InChI is InChI=1S/C28H24N2O5/c1-17(18-5-3-2-4-6-18)34-28(33)30-25-16-29-35-26(25)20-9-7-19(8-10-20)21-11-13-23-22(15-21)12-14-24(23)27(31)32/h2-11,13,15-17,24H,12,14H2,1H3,(H,30,33)(H,31,32). The van der Waals surface area contributed by atoms with Crippen molar-refractivity contribution in [2.45, 2.75) is 31.8 Å². The van der Waals surface area contributed by atoms with Crippen LogP contribution < -0.4 is 5.32 Å². The number of hydrogen-bond acceptors (Lipinski definition) is 5. The Morgan fingerprint density at radius 2 is 1.74 bits per heavy atom. The minimum Gasteiger partial charge on any atom is -0.481 e. The van der Waals surface area contributed by atoms with E-state index < -0.39 is 24.1 Å². The van der Waals surface area contributed by atoms with Gasteiger partial charge in [-0.3, -0.25) is 10.1 Å². The third-order valence-corrected chi connectivity index (χ3v) is 6.36. The minimum atomic E-state index is -0.768. The fraction of sp³-hybridized carbons (Fsp3) is 0.179. The van der Waals surface area contributed by atoms with Crippen LogP contribution in [0.4, 0.5) is 10.5 Å². The molecule has 0 saturated heterocycles. The van der Waals surface area contributed by atoms with Crippen molar-refractivity contribution in [3.8, 4) is 22.5 Å². The Hall–Kier alpha value is -4.39. The molecule has 0 fully saturated rings. The molecule has 0 bridgehead atoms. The maximum absolute atomic E-state index is 12.4. The molecule has 7 heteroatoms. The van der Waals surface area contributed by atoms with Gasteiger partial charge in [0, 0.05) is 5.56 Å². The predicted molar refractivity (Wildman–Crippen MR) is 131 cm³/mol. The number of carboxylic acids is 1. The lowest BCUT2D eigenvalue weighted by molar-refractivity contribution is -0.138. The zero-order chi connectivity index (χ0) is 24.4. The van der Waals surface area contributed by atoms with E-state index >= 15 is 0 Å². The Kier molecular flexibility index (Phi) is 6.06. The number of nitrogens with one attached hydrogen (secondary N) is 1. The third kappa shape index (κ3) is 4.66. The van der Waals surface area contributed by atoms with E-state index in [4.69, 9.17) is 9.26 Å². The van der Waals surface area contributed by atoms with Crippen LogP contribution in [0.15, 0.2) is 83.5 Å². The second-order valence-corrected chi connectivity index (χ2v) is 8.57. The first-order valence-electron chi connectivity index (χ1n) is 11.4. The first kappa shape index (κ1) is 22.4. The summed E-state index contributed by atoms with van der Waals surface area (Å²) in [7, 11) is 0. The van der Waals surface area contributed by atoms with Crippen LogP contribution in [0, 0.1) is 0 Å². The lowest BCUT2D eigenvalue weighted by Crippen LogP contribution is -2.16. The first-order valence-corrected chi connectivity index (χ1v) is 11.4. The van der Waals surface area contributed by atoms with Gasteiger partial charge in [0.1, 0.15) is 11.8 Å². The number of anilines is 1. The zero-order valence-corrected chi connectivity index (χ0v) is 19.1. The molecule has 2 unspecified atom stereocenters. The monoisotopic (exact) mass is 468 g/mol. The van der Waals surface area contributed by atoms with E-state index in [-0.39, 0.29) is 0 Å². The normalized spacial score (nSPS) is 15.3. The topological polar surface area (TPSA) is 102 Å². The highest BCUT2D eigenvalue weighted by atomic mass is 16.6. The van der Waals surface area contributed by atoms with Gasteiger partial charge < -0.3 is 14.4 Å². The molecule has 5 rings (SSSR count). The molecule has 1 aliphatic carbocycles. The largest absolute Gasteiger partial charge is 0.481 e. The van der Waals surface area contributed by atoms with Crippen molar-refractivity contribution in [2.24, 2.45) is 0 Å². The van der Waals surface area contributed by atoms with Crippen LogP contribution in [0.2, 0.25) is 0 Å². The van der Waals surface area contributed by atoms with E-state index in [1.807, 2.05) is 73.7 Å². The number of aliphatic carboxylic acids is 1. The Balaban J connectivity index is 1.29. The maximum Gasteiger partial charge on any atom is 0.412 e. The maximum atomic E-state index is 12.4. The van der Waals surface area contributed by atoms with Crippen molar-refractivity contribution in [2.75, 3.05) is 5.32 Å². The predicted octanol–water partition coefficient (Wildman–Crippen LogP) is 6.43. The van der Waals surface area contributed by atoms with Gasteiger partial charge >= 0.3 is 12.1 Å². The van der Waals surface area contributed by atoms with E-state index in [0.29, 0.717) is 17.9 Å². The number of carbonyl (C=O) groups excluding carboxylic acids is 1. The van der Waals surface area contributed by atoms with Crippen LogP contribution in [0.1, 0.15) is 42.1 Å². The van der Waals surface area contributed by atoms with Crippen molar-refractivity contribution >= 4 is 17.7 Å². The molecule has 176 valence electrons. The van der Waals surface area contributed by atoms with Crippen molar-refractivity contribution in [3.63, 3.8) is 0 Å². The summed E-state index contributed by atoms with van der Waals surface area (Å²) in [5.41, 5.74) is 6.09. The van der Waals surface area contributed by atoms with Crippen LogP contribution >= 0.6 is 0 Å². The lowest BCUT2D eigenvalue weighted by atomic mass is 9.96. The zero-order valence-electron chi connectivity index (χ0n) is 19.1. The summed E-state index contributed by atoms with van der Waals surface area (Å²) in [5.74, 6) is -0.754. The number of rotatable bonds is 6. The van der Waals surface area contributed by atoms with Crippen LogP contribution in [0.25, 0.3) is 22.5 Å². The molecule has 1 amide bonds. The van der Waals surface area contributed by atoms with Crippen LogP contribution in [-0.2, 0) is 16.0 Å². The average molecular weight is 469 g/mol. The fourth-order valence-electron chi connectivity index (χ4n) is 4.50. The van der Waals surface area contributed by atoms with Gasteiger partial charge in [-0.25, -0.2) is 4.79 Å². The van der Waals surface area contributed by atoms with Crippen LogP contribution in [0.3, 0.4) is 0 Å². The SMILES string of the molecule is CC(OC(=O)Nc1cnoc1-c1ccc(-c2ccc3c(c2)CCC3C(=O)O)cc1)c1ccccc1. The van der Waals surface area contributed by atoms with E-state index in [1.54, 1.807) is 0 Å². The third-order valence-electron chi connectivity index (χ3n) is 6.36. The quantitative estimate of drug-likeness (QED) is 0.338. The molecule has 4 aromatic rings. The highest BCUT2D eigenvalue weighted by Crippen LogP contribution is 2.36. The van der Waals surface area contributed by atoms with Crippen LogP contribution in [0.5, 0.6) is 0 Å². The smallest absolute Gasteiger partial charge is 0.412 e. The molecule has 1 aliphatic rings. The van der Waals surface area contributed by atoms with Gasteiger partial charge in [0.05, 0.1) is 12.1 Å². The number of aromatic nitrogens is 1. The van der Waals surface area contributed by atoms with Gasteiger partial charge in [-0.1, -0.05) is 78.0 Å². The first-order chi connectivity index (χ1) is 17.0. The molecule has 0 spiro atoms. The molecule has 1 aromatic heterocycles. The van der Waals surface area contributed by atoms with Gasteiger partial charge in [-0.15, -0.1) is 0 Å². The van der Waals surface area contributed by atoms with Gasteiger partial charge in [0.15, 0.2) is 5.76 Å². The Bertz CT molecular complexity index is 1360. The van der Waals surface area contributed by atoms with E-state index in [1.165, 1.54) is 6.20 Å². The molecule has 3 aromatic carbocycles. The number of nitrogens with zero attached hydrogens (tertiary/aromatic N) is 1. The highest BCUT2D eigenvalue weighted by Gasteiger charge is 2.28. The fourth-order valence-corrected chi connectivity index (χ4v) is 4.50. The number of hydrogen-bond donors (Lipinski definition) is 2. The molecule has 0 saturated carbocycles. The summed E-state index contributed by atoms with van der Waals surface area (Å²) in [5, 5.41) is 15.9. The molecule has 2 atom stereocenters. The van der Waals surface area contributed by atoms with Crippen molar-refractivity contribution < 1.29 is 24.0 Å². The van der Waals surface area contributed by atoms with Gasteiger partial charge in [-0.05, 0) is 47.6 Å². The number of carboxylic acid groups (broad SMARTS) is 1. The Labute approximate surface area is 202 Å². The summed E-state index contributed by atoms with van der Waals surface area (Å²) in [4.78, 5) is 23.9. The van der Waals surface area contributed by atoms with Gasteiger partial charge in [0.2, 0.25) is 0 Å². The van der Waals surface area contributed by atoms with Crippen molar-refractivity contribution in [1.82, 2.24) is 5.16 Å². The summed E-state index contributed by atoms with van der Waals surface area (Å²) < 4.78 is 10.9. The molecule has 35 heavy (non-hydrogen) atoms. The average Bonchev–Trinajstić information content (AvgIpc) is 3.51. The van der Waals surface area contributed by atoms with E-state index in [0.717, 1.165) is 39.8 Å². The highest BCUT2D eigenvalue weighted by molar-refractivity contribution is 5.89. The number of aryl methyl sites for hydroxylation is 1. The van der Waals surface area contributed by atoms with Crippen molar-refractivity contribution in [3.05, 3.63) is 95.7 Å². The summed E-state index contributed by atoms with van der Waals surface area (Å²) in [6, 6.07) is 23.2. The molecular weight excluding hydrogens is 444 g/mol. The number of carbonyl (C=O) groups is 2. The summed E-state index contributed by atoms with van der Waals surface area (Å²) >= 11 is 0. The minimum absolute atomic E-state index is 0.406. The number of fused-ring (bicyclic) bond motifs is 1. The molecular formula is C28H24N2O5. The van der Waals surface area contributed by atoms with Crippen LogP contribution in [-0.4, -0.2) is 22.3 Å². The summed E-state index contributed by atoms with van der Waals surface area (Å²) in [6.07, 6.45) is 1.85. The Morgan fingerprint density at radius 1 is 1.03 bits per heavy atom. The number of amides is 1. The number of ether oxygens (including phenoxy) is 1. The second-order valence-electron chi connectivity index (χ2n) is 8.57. The van der Waals surface area contributed by atoms with E-state index in [2.05, 4.69) is 16.5 Å². The molecule has 7 nitrogen and oxygen atoms in total. The van der Waals surface area contributed by atoms with Crippen molar-refractivity contribution in [1.29, 1.82) is 0 Å². The molecule has 2 N–H and O–H groups in total. The lowest BCUT2D eigenvalue weighted by Gasteiger charge is -2.14. The number of benzene rings is 3. The molecule has 0 radical (unpaired) electrons. The molecule has 1 heterocycles.